The fraction of sp³-hybridized carbons (Fsp3) is 0.500. The first-order valence-corrected chi connectivity index (χ1v) is 6.57. The van der Waals surface area contributed by atoms with E-state index in [-0.39, 0.29) is 18.4 Å². The van der Waals surface area contributed by atoms with E-state index in [9.17, 15) is 9.59 Å². The van der Waals surface area contributed by atoms with Crippen molar-refractivity contribution in [2.24, 2.45) is 0 Å². The molecule has 1 saturated heterocycles. The maximum Gasteiger partial charge on any atom is 0.253 e. The summed E-state index contributed by atoms with van der Waals surface area (Å²) in [6.07, 6.45) is 4.50. The molecule has 5 nitrogen and oxygen atoms in total. The number of aromatic nitrogens is 1. The standard InChI is InChI=1S/C14H19N3O2/c1-4-14(5-2)13(19)17(9-12(18)16-14)11-8-15-7-6-10(11)3/h6-8H,4-5,9H2,1-3H3,(H,16,18). The Balaban J connectivity index is 2.44. The van der Waals surface area contributed by atoms with Gasteiger partial charge in [-0.05, 0) is 31.4 Å². The number of aryl methyl sites for hydroxylation is 1. The van der Waals surface area contributed by atoms with Crippen molar-refractivity contribution in [2.45, 2.75) is 39.2 Å². The van der Waals surface area contributed by atoms with Crippen LogP contribution < -0.4 is 10.2 Å². The second-order valence-corrected chi connectivity index (χ2v) is 4.89. The molecular formula is C14H19N3O2. The van der Waals surface area contributed by atoms with Gasteiger partial charge in [-0.2, -0.15) is 0 Å². The molecule has 0 atom stereocenters. The van der Waals surface area contributed by atoms with Crippen LogP contribution in [0.3, 0.4) is 0 Å². The van der Waals surface area contributed by atoms with Crippen LogP contribution in [-0.4, -0.2) is 28.9 Å². The van der Waals surface area contributed by atoms with Crippen LogP contribution in [0, 0.1) is 6.92 Å². The molecular weight excluding hydrogens is 242 g/mol. The molecule has 0 saturated carbocycles. The molecule has 1 aromatic heterocycles. The van der Waals surface area contributed by atoms with Crippen molar-refractivity contribution in [3.63, 3.8) is 0 Å². The summed E-state index contributed by atoms with van der Waals surface area (Å²) in [4.78, 5) is 30.2. The molecule has 0 aliphatic carbocycles. The normalized spacial score (nSPS) is 18.4. The van der Waals surface area contributed by atoms with Crippen LogP contribution in [0.4, 0.5) is 5.69 Å². The lowest BCUT2D eigenvalue weighted by Gasteiger charge is -2.41. The molecule has 0 bridgehead atoms. The van der Waals surface area contributed by atoms with Gasteiger partial charge in [0.2, 0.25) is 5.91 Å². The van der Waals surface area contributed by atoms with Crippen LogP contribution in [0.1, 0.15) is 32.3 Å². The van der Waals surface area contributed by atoms with Crippen LogP contribution in [0.5, 0.6) is 0 Å². The smallest absolute Gasteiger partial charge is 0.253 e. The van der Waals surface area contributed by atoms with Crippen LogP contribution >= 0.6 is 0 Å². The average molecular weight is 261 g/mol. The van der Waals surface area contributed by atoms with Gasteiger partial charge in [-0.3, -0.25) is 19.5 Å². The Morgan fingerprint density at radius 2 is 2.05 bits per heavy atom. The highest BCUT2D eigenvalue weighted by atomic mass is 16.2. The third kappa shape index (κ3) is 2.20. The molecule has 0 radical (unpaired) electrons. The minimum atomic E-state index is -0.780. The van der Waals surface area contributed by atoms with Gasteiger partial charge in [0.25, 0.3) is 5.91 Å². The van der Waals surface area contributed by atoms with Gasteiger partial charge >= 0.3 is 0 Å². The van der Waals surface area contributed by atoms with Crippen molar-refractivity contribution in [2.75, 3.05) is 11.4 Å². The van der Waals surface area contributed by atoms with E-state index >= 15 is 0 Å². The minimum Gasteiger partial charge on any atom is -0.340 e. The van der Waals surface area contributed by atoms with Crippen molar-refractivity contribution in [3.8, 4) is 0 Å². The fourth-order valence-corrected chi connectivity index (χ4v) is 2.50. The molecule has 0 spiro atoms. The van der Waals surface area contributed by atoms with Gasteiger partial charge in [0.1, 0.15) is 12.1 Å². The molecule has 2 amide bonds. The summed E-state index contributed by atoms with van der Waals surface area (Å²) >= 11 is 0. The second kappa shape index (κ2) is 4.99. The zero-order valence-corrected chi connectivity index (χ0v) is 11.6. The topological polar surface area (TPSA) is 62.3 Å². The number of carbonyl (C=O) groups is 2. The molecule has 2 heterocycles. The number of hydrogen-bond acceptors (Lipinski definition) is 3. The molecule has 0 aromatic carbocycles. The maximum atomic E-state index is 12.7. The van der Waals surface area contributed by atoms with Crippen LogP contribution in [0.25, 0.3) is 0 Å². The molecule has 19 heavy (non-hydrogen) atoms. The lowest BCUT2D eigenvalue weighted by atomic mass is 9.88. The predicted octanol–water partition coefficient (Wildman–Crippen LogP) is 1.41. The average Bonchev–Trinajstić information content (AvgIpc) is 2.42. The Morgan fingerprint density at radius 3 is 2.63 bits per heavy atom. The summed E-state index contributed by atoms with van der Waals surface area (Å²) in [5.74, 6) is -0.167. The van der Waals surface area contributed by atoms with Crippen LogP contribution in [0.15, 0.2) is 18.5 Å². The van der Waals surface area contributed by atoms with E-state index in [2.05, 4.69) is 10.3 Å². The lowest BCUT2D eigenvalue weighted by molar-refractivity contribution is -0.136. The highest BCUT2D eigenvalue weighted by Crippen LogP contribution is 2.27. The van der Waals surface area contributed by atoms with Gasteiger partial charge in [-0.1, -0.05) is 13.8 Å². The number of anilines is 1. The van der Waals surface area contributed by atoms with Crippen molar-refractivity contribution in [3.05, 3.63) is 24.0 Å². The molecule has 2 rings (SSSR count). The molecule has 1 fully saturated rings. The van der Waals surface area contributed by atoms with E-state index in [1.54, 1.807) is 17.3 Å². The summed E-state index contributed by atoms with van der Waals surface area (Å²) < 4.78 is 0. The first kappa shape index (κ1) is 13.5. The SMILES string of the molecule is CCC1(CC)NC(=O)CN(c2cnccc2C)C1=O. The monoisotopic (exact) mass is 261 g/mol. The molecule has 1 aliphatic rings. The van der Waals surface area contributed by atoms with Gasteiger partial charge in [-0.25, -0.2) is 0 Å². The molecule has 1 aromatic rings. The Kier molecular flexibility index (Phi) is 3.55. The summed E-state index contributed by atoms with van der Waals surface area (Å²) in [6, 6.07) is 1.84. The van der Waals surface area contributed by atoms with Crippen molar-refractivity contribution in [1.29, 1.82) is 0 Å². The Labute approximate surface area is 113 Å². The van der Waals surface area contributed by atoms with Gasteiger partial charge in [-0.15, -0.1) is 0 Å². The Morgan fingerprint density at radius 1 is 1.37 bits per heavy atom. The first-order valence-electron chi connectivity index (χ1n) is 6.57. The summed E-state index contributed by atoms with van der Waals surface area (Å²) in [5, 5.41) is 2.85. The highest BCUT2D eigenvalue weighted by molar-refractivity contribution is 6.09. The zero-order valence-electron chi connectivity index (χ0n) is 11.6. The largest absolute Gasteiger partial charge is 0.340 e. The summed E-state index contributed by atoms with van der Waals surface area (Å²) in [6.45, 7) is 5.81. The Hall–Kier alpha value is -1.91. The van der Waals surface area contributed by atoms with E-state index < -0.39 is 5.54 Å². The van der Waals surface area contributed by atoms with Crippen LogP contribution in [-0.2, 0) is 9.59 Å². The minimum absolute atomic E-state index is 0.0480. The van der Waals surface area contributed by atoms with Crippen molar-refractivity contribution >= 4 is 17.5 Å². The number of amides is 2. The quantitative estimate of drug-likeness (QED) is 0.895. The lowest BCUT2D eigenvalue weighted by Crippen LogP contribution is -2.66. The van der Waals surface area contributed by atoms with E-state index in [0.29, 0.717) is 18.5 Å². The number of piperazine rings is 1. The maximum absolute atomic E-state index is 12.7. The van der Waals surface area contributed by atoms with Gasteiger partial charge < -0.3 is 5.32 Å². The van der Waals surface area contributed by atoms with E-state index in [1.807, 2.05) is 26.8 Å². The summed E-state index contributed by atoms with van der Waals surface area (Å²) in [7, 11) is 0. The molecule has 102 valence electrons. The number of rotatable bonds is 3. The number of nitrogens with zero attached hydrogens (tertiary/aromatic N) is 2. The number of pyridine rings is 1. The number of nitrogens with one attached hydrogen (secondary N) is 1. The number of carbonyl (C=O) groups excluding carboxylic acids is 2. The van der Waals surface area contributed by atoms with Crippen LogP contribution in [0.2, 0.25) is 0 Å². The van der Waals surface area contributed by atoms with Crippen molar-refractivity contribution < 1.29 is 9.59 Å². The fourth-order valence-electron chi connectivity index (χ4n) is 2.50. The molecule has 1 N–H and O–H groups in total. The first-order chi connectivity index (χ1) is 9.04. The van der Waals surface area contributed by atoms with Gasteiger partial charge in [0, 0.05) is 6.20 Å². The van der Waals surface area contributed by atoms with E-state index in [4.69, 9.17) is 0 Å². The Bertz CT molecular complexity index is 509. The molecule has 0 unspecified atom stereocenters. The van der Waals surface area contributed by atoms with Crippen molar-refractivity contribution in [1.82, 2.24) is 10.3 Å². The third-order valence-electron chi connectivity index (χ3n) is 3.84. The summed E-state index contributed by atoms with van der Waals surface area (Å²) in [5.41, 5.74) is 0.880. The second-order valence-electron chi connectivity index (χ2n) is 4.89. The third-order valence-corrected chi connectivity index (χ3v) is 3.84. The molecule has 5 heteroatoms. The molecule has 1 aliphatic heterocycles. The van der Waals surface area contributed by atoms with E-state index in [1.165, 1.54) is 0 Å². The zero-order chi connectivity index (χ0) is 14.0. The number of hydrogen-bond donors (Lipinski definition) is 1. The van der Waals surface area contributed by atoms with Gasteiger partial charge in [0.15, 0.2) is 0 Å². The van der Waals surface area contributed by atoms with Gasteiger partial charge in [0.05, 0.1) is 11.9 Å². The van der Waals surface area contributed by atoms with E-state index in [0.717, 1.165) is 5.56 Å². The highest BCUT2D eigenvalue weighted by Gasteiger charge is 2.44. The predicted molar refractivity (Wildman–Crippen MR) is 72.8 cm³/mol.